The summed E-state index contributed by atoms with van der Waals surface area (Å²) in [6, 6.07) is 2.05. The van der Waals surface area contributed by atoms with Crippen molar-refractivity contribution in [1.82, 2.24) is 9.78 Å². The smallest absolute Gasteiger partial charge is 0.0984 e. The molecule has 1 aliphatic rings. The molecule has 0 radical (unpaired) electrons. The summed E-state index contributed by atoms with van der Waals surface area (Å²) in [4.78, 5) is 0. The molecule has 0 aliphatic heterocycles. The van der Waals surface area contributed by atoms with E-state index in [1.54, 1.807) is 0 Å². The van der Waals surface area contributed by atoms with Gasteiger partial charge in [0.15, 0.2) is 0 Å². The number of aromatic nitrogens is 2. The van der Waals surface area contributed by atoms with Crippen LogP contribution in [0.5, 0.6) is 0 Å². The highest BCUT2D eigenvalue weighted by atomic mass is 16.3. The number of hydrogen-bond donors (Lipinski definition) is 1. The second-order valence-corrected chi connectivity index (χ2v) is 4.88. The quantitative estimate of drug-likeness (QED) is 0.853. The molecule has 1 aromatic rings. The van der Waals surface area contributed by atoms with Gasteiger partial charge in [0, 0.05) is 7.05 Å². The monoisotopic (exact) mass is 222 g/mol. The zero-order valence-electron chi connectivity index (χ0n) is 10.3. The zero-order valence-corrected chi connectivity index (χ0v) is 10.3. The second-order valence-electron chi connectivity index (χ2n) is 4.88. The highest BCUT2D eigenvalue weighted by molar-refractivity contribution is 5.13. The molecule has 1 atom stereocenters. The third kappa shape index (κ3) is 2.29. The normalized spacial score (nSPS) is 19.9. The van der Waals surface area contributed by atoms with Crippen molar-refractivity contribution in [3.05, 3.63) is 17.5 Å². The fraction of sp³-hybridized carbons (Fsp3) is 0.769. The van der Waals surface area contributed by atoms with Gasteiger partial charge in [-0.1, -0.05) is 26.2 Å². The van der Waals surface area contributed by atoms with Gasteiger partial charge in [0.2, 0.25) is 0 Å². The van der Waals surface area contributed by atoms with Crippen LogP contribution in [0.1, 0.15) is 56.5 Å². The van der Waals surface area contributed by atoms with Crippen molar-refractivity contribution in [2.24, 2.45) is 13.0 Å². The van der Waals surface area contributed by atoms with E-state index < -0.39 is 0 Å². The third-order valence-corrected chi connectivity index (χ3v) is 3.73. The van der Waals surface area contributed by atoms with Gasteiger partial charge in [-0.2, -0.15) is 5.10 Å². The first-order chi connectivity index (χ1) is 7.72. The summed E-state index contributed by atoms with van der Waals surface area (Å²) in [5.41, 5.74) is 2.07. The van der Waals surface area contributed by atoms with Gasteiger partial charge >= 0.3 is 0 Å². The van der Waals surface area contributed by atoms with E-state index in [2.05, 4.69) is 18.1 Å². The highest BCUT2D eigenvalue weighted by Gasteiger charge is 2.25. The minimum absolute atomic E-state index is 0.321. The molecule has 0 amide bonds. The molecule has 1 N–H and O–H groups in total. The van der Waals surface area contributed by atoms with Crippen LogP contribution >= 0.6 is 0 Å². The number of nitrogens with zero attached hydrogens (tertiary/aromatic N) is 2. The van der Waals surface area contributed by atoms with Crippen molar-refractivity contribution in [3.8, 4) is 0 Å². The summed E-state index contributed by atoms with van der Waals surface area (Å²) in [6.45, 7) is 2.10. The molecule has 0 aromatic carbocycles. The van der Waals surface area contributed by atoms with E-state index in [1.807, 2.05) is 11.7 Å². The van der Waals surface area contributed by atoms with E-state index in [0.29, 0.717) is 5.92 Å². The minimum atomic E-state index is -0.321. The number of hydrogen-bond acceptors (Lipinski definition) is 2. The van der Waals surface area contributed by atoms with Crippen LogP contribution in [-0.2, 0) is 13.5 Å². The Labute approximate surface area is 97.5 Å². The molecule has 1 fully saturated rings. The maximum Gasteiger partial charge on any atom is 0.0984 e. The lowest BCUT2D eigenvalue weighted by atomic mass is 9.84. The summed E-state index contributed by atoms with van der Waals surface area (Å²) in [7, 11) is 1.93. The van der Waals surface area contributed by atoms with Crippen molar-refractivity contribution < 1.29 is 5.11 Å². The maximum absolute atomic E-state index is 10.4. The van der Waals surface area contributed by atoms with Crippen molar-refractivity contribution in [2.45, 2.75) is 51.6 Å². The van der Waals surface area contributed by atoms with E-state index in [-0.39, 0.29) is 6.10 Å². The van der Waals surface area contributed by atoms with Crippen molar-refractivity contribution >= 4 is 0 Å². The SMILES string of the molecule is CCc1cc(C(O)C2CCCCC2)n(C)n1. The first-order valence-corrected chi connectivity index (χ1v) is 6.43. The topological polar surface area (TPSA) is 38.0 Å². The molecule has 1 unspecified atom stereocenters. The standard InChI is InChI=1S/C13H22N2O/c1-3-11-9-12(15(2)14-11)13(16)10-7-5-4-6-8-10/h9-10,13,16H,3-8H2,1-2H3. The van der Waals surface area contributed by atoms with Gasteiger partial charge < -0.3 is 5.11 Å². The Bertz CT molecular complexity index is 340. The lowest BCUT2D eigenvalue weighted by molar-refractivity contribution is 0.0777. The van der Waals surface area contributed by atoms with E-state index in [0.717, 1.165) is 30.7 Å². The Morgan fingerprint density at radius 2 is 2.12 bits per heavy atom. The molecule has 0 spiro atoms. The van der Waals surface area contributed by atoms with Crippen LogP contribution in [0.25, 0.3) is 0 Å². The van der Waals surface area contributed by atoms with Gasteiger partial charge in [-0.25, -0.2) is 0 Å². The summed E-state index contributed by atoms with van der Waals surface area (Å²) >= 11 is 0. The summed E-state index contributed by atoms with van der Waals surface area (Å²) in [6.07, 6.45) is 6.79. The van der Waals surface area contributed by atoms with Crippen molar-refractivity contribution in [3.63, 3.8) is 0 Å². The Morgan fingerprint density at radius 3 is 2.69 bits per heavy atom. The van der Waals surface area contributed by atoms with E-state index >= 15 is 0 Å². The fourth-order valence-electron chi connectivity index (χ4n) is 2.68. The molecule has 1 aliphatic carbocycles. The summed E-state index contributed by atoms with van der Waals surface area (Å²) < 4.78 is 1.85. The van der Waals surface area contributed by atoms with Crippen LogP contribution in [0.2, 0.25) is 0 Å². The summed E-state index contributed by atoms with van der Waals surface area (Å²) in [5.74, 6) is 0.439. The number of rotatable bonds is 3. The largest absolute Gasteiger partial charge is 0.387 e. The van der Waals surface area contributed by atoms with E-state index in [4.69, 9.17) is 0 Å². The van der Waals surface area contributed by atoms with Gasteiger partial charge in [0.25, 0.3) is 0 Å². The van der Waals surface area contributed by atoms with Gasteiger partial charge in [0.1, 0.15) is 0 Å². The Hall–Kier alpha value is -0.830. The van der Waals surface area contributed by atoms with Crippen LogP contribution in [-0.4, -0.2) is 14.9 Å². The number of aliphatic hydroxyl groups excluding tert-OH is 1. The molecule has 0 saturated heterocycles. The minimum Gasteiger partial charge on any atom is -0.387 e. The lowest BCUT2D eigenvalue weighted by Gasteiger charge is -2.26. The molecular weight excluding hydrogens is 200 g/mol. The van der Waals surface area contributed by atoms with Gasteiger partial charge in [-0.15, -0.1) is 0 Å². The first kappa shape index (κ1) is 11.6. The second kappa shape index (κ2) is 5.00. The Kier molecular flexibility index (Phi) is 3.64. The van der Waals surface area contributed by atoms with Crippen molar-refractivity contribution in [1.29, 1.82) is 0 Å². The van der Waals surface area contributed by atoms with Crippen LogP contribution in [0.3, 0.4) is 0 Å². The maximum atomic E-state index is 10.4. The number of aryl methyl sites for hydroxylation is 2. The Morgan fingerprint density at radius 1 is 1.44 bits per heavy atom. The van der Waals surface area contributed by atoms with Crippen molar-refractivity contribution in [2.75, 3.05) is 0 Å². The van der Waals surface area contributed by atoms with Crippen LogP contribution in [0.15, 0.2) is 6.07 Å². The molecular formula is C13H22N2O. The number of aliphatic hydroxyl groups is 1. The molecule has 90 valence electrons. The van der Waals surface area contributed by atoms with E-state index in [1.165, 1.54) is 19.3 Å². The summed E-state index contributed by atoms with van der Waals surface area (Å²) in [5, 5.41) is 14.8. The molecule has 2 rings (SSSR count). The predicted octanol–water partition coefficient (Wildman–Crippen LogP) is 2.60. The van der Waals surface area contributed by atoms with Gasteiger partial charge in [-0.05, 0) is 31.2 Å². The molecule has 0 bridgehead atoms. The van der Waals surface area contributed by atoms with Crippen LogP contribution in [0, 0.1) is 5.92 Å². The van der Waals surface area contributed by atoms with Crippen LogP contribution in [0.4, 0.5) is 0 Å². The van der Waals surface area contributed by atoms with Crippen LogP contribution < -0.4 is 0 Å². The van der Waals surface area contributed by atoms with E-state index in [9.17, 15) is 5.11 Å². The fourth-order valence-corrected chi connectivity index (χ4v) is 2.68. The van der Waals surface area contributed by atoms with Gasteiger partial charge in [0.05, 0.1) is 17.5 Å². The zero-order chi connectivity index (χ0) is 11.5. The predicted molar refractivity (Wildman–Crippen MR) is 64.1 cm³/mol. The highest BCUT2D eigenvalue weighted by Crippen LogP contribution is 2.34. The molecule has 3 heteroatoms. The molecule has 1 saturated carbocycles. The van der Waals surface area contributed by atoms with Gasteiger partial charge in [-0.3, -0.25) is 4.68 Å². The molecule has 16 heavy (non-hydrogen) atoms. The first-order valence-electron chi connectivity index (χ1n) is 6.43. The molecule has 1 aromatic heterocycles. The average molecular weight is 222 g/mol. The average Bonchev–Trinajstić information content (AvgIpc) is 2.71. The molecule has 1 heterocycles. The Balaban J connectivity index is 2.12. The third-order valence-electron chi connectivity index (χ3n) is 3.73. The lowest BCUT2D eigenvalue weighted by Crippen LogP contribution is -2.18. The molecule has 3 nitrogen and oxygen atoms in total.